The molecular weight excluding hydrogens is 294 g/mol. The first-order chi connectivity index (χ1) is 10.7. The van der Waals surface area contributed by atoms with Crippen LogP contribution in [0.4, 0.5) is 0 Å². The SMILES string of the molecule is N=C(N)N/C(=N/CCc1ccccc1)NCCc1cccs1. The van der Waals surface area contributed by atoms with Gasteiger partial charge in [0.15, 0.2) is 11.9 Å². The lowest BCUT2D eigenvalue weighted by atomic mass is 10.2. The van der Waals surface area contributed by atoms with Gasteiger partial charge in [-0.15, -0.1) is 11.3 Å². The molecule has 0 saturated carbocycles. The van der Waals surface area contributed by atoms with Crippen molar-refractivity contribution in [3.63, 3.8) is 0 Å². The van der Waals surface area contributed by atoms with Crippen LogP contribution in [-0.2, 0) is 12.8 Å². The monoisotopic (exact) mass is 315 g/mol. The van der Waals surface area contributed by atoms with E-state index in [4.69, 9.17) is 11.1 Å². The van der Waals surface area contributed by atoms with Crippen molar-refractivity contribution in [2.24, 2.45) is 10.7 Å². The highest BCUT2D eigenvalue weighted by Gasteiger charge is 2.00. The molecule has 1 aromatic heterocycles. The van der Waals surface area contributed by atoms with Gasteiger partial charge in [-0.2, -0.15) is 0 Å². The lowest BCUT2D eigenvalue weighted by Gasteiger charge is -2.11. The molecule has 0 fully saturated rings. The molecule has 116 valence electrons. The molecule has 5 N–H and O–H groups in total. The molecule has 2 aromatic rings. The number of guanidine groups is 2. The zero-order valence-electron chi connectivity index (χ0n) is 12.4. The average molecular weight is 315 g/mol. The summed E-state index contributed by atoms with van der Waals surface area (Å²) in [5, 5.41) is 15.4. The average Bonchev–Trinajstić information content (AvgIpc) is 3.01. The fourth-order valence-electron chi connectivity index (χ4n) is 1.97. The normalized spacial score (nSPS) is 11.2. The molecule has 0 bridgehead atoms. The van der Waals surface area contributed by atoms with Crippen LogP contribution in [0.15, 0.2) is 52.8 Å². The summed E-state index contributed by atoms with van der Waals surface area (Å²) in [4.78, 5) is 5.77. The van der Waals surface area contributed by atoms with Crippen LogP contribution < -0.4 is 16.4 Å². The Labute approximate surface area is 134 Å². The summed E-state index contributed by atoms with van der Waals surface area (Å²) in [7, 11) is 0. The van der Waals surface area contributed by atoms with E-state index in [1.54, 1.807) is 11.3 Å². The lowest BCUT2D eigenvalue weighted by molar-refractivity contribution is 0.838. The van der Waals surface area contributed by atoms with Crippen LogP contribution in [0.25, 0.3) is 0 Å². The summed E-state index contributed by atoms with van der Waals surface area (Å²) in [5.74, 6) is 0.446. The Morgan fingerprint density at radius 3 is 2.64 bits per heavy atom. The van der Waals surface area contributed by atoms with Gasteiger partial charge >= 0.3 is 0 Å². The summed E-state index contributed by atoms with van der Waals surface area (Å²) in [6.45, 7) is 1.40. The van der Waals surface area contributed by atoms with Gasteiger partial charge in [-0.1, -0.05) is 36.4 Å². The number of rotatable bonds is 6. The van der Waals surface area contributed by atoms with Crippen molar-refractivity contribution in [3.05, 3.63) is 58.3 Å². The van der Waals surface area contributed by atoms with Crippen molar-refractivity contribution in [1.29, 1.82) is 5.41 Å². The minimum absolute atomic E-state index is 0.109. The lowest BCUT2D eigenvalue weighted by Crippen LogP contribution is -2.44. The van der Waals surface area contributed by atoms with Crippen molar-refractivity contribution < 1.29 is 0 Å². The molecule has 5 nitrogen and oxygen atoms in total. The van der Waals surface area contributed by atoms with Gasteiger partial charge in [0, 0.05) is 18.0 Å². The van der Waals surface area contributed by atoms with Crippen LogP contribution in [0.5, 0.6) is 0 Å². The summed E-state index contributed by atoms with van der Waals surface area (Å²) in [5.41, 5.74) is 6.64. The van der Waals surface area contributed by atoms with E-state index in [-0.39, 0.29) is 5.96 Å². The molecule has 0 unspecified atom stereocenters. The molecule has 0 atom stereocenters. The highest BCUT2D eigenvalue weighted by Crippen LogP contribution is 2.08. The van der Waals surface area contributed by atoms with Gasteiger partial charge in [0.25, 0.3) is 0 Å². The second-order valence-corrected chi connectivity index (χ2v) is 5.79. The number of nitrogens with two attached hydrogens (primary N) is 1. The molecule has 0 spiro atoms. The van der Waals surface area contributed by atoms with Crippen molar-refractivity contribution in [3.8, 4) is 0 Å². The number of hydrogen-bond acceptors (Lipinski definition) is 3. The fraction of sp³-hybridized carbons (Fsp3) is 0.250. The van der Waals surface area contributed by atoms with E-state index in [2.05, 4.69) is 39.2 Å². The summed E-state index contributed by atoms with van der Waals surface area (Å²) in [6.07, 6.45) is 1.78. The molecular formula is C16H21N5S. The van der Waals surface area contributed by atoms with Crippen molar-refractivity contribution in [2.75, 3.05) is 13.1 Å². The first-order valence-corrected chi connectivity index (χ1v) is 8.07. The Bertz CT molecular complexity index is 592. The number of nitrogens with zero attached hydrogens (tertiary/aromatic N) is 1. The predicted molar refractivity (Wildman–Crippen MR) is 93.5 cm³/mol. The first kappa shape index (κ1) is 16.0. The van der Waals surface area contributed by atoms with Crippen LogP contribution in [0.1, 0.15) is 10.4 Å². The van der Waals surface area contributed by atoms with Crippen molar-refractivity contribution in [2.45, 2.75) is 12.8 Å². The van der Waals surface area contributed by atoms with Crippen LogP contribution in [0, 0.1) is 5.41 Å². The Morgan fingerprint density at radius 1 is 1.14 bits per heavy atom. The van der Waals surface area contributed by atoms with Crippen molar-refractivity contribution in [1.82, 2.24) is 10.6 Å². The second-order valence-electron chi connectivity index (χ2n) is 4.76. The van der Waals surface area contributed by atoms with Crippen LogP contribution in [0.2, 0.25) is 0 Å². The van der Waals surface area contributed by atoms with Gasteiger partial charge in [0.05, 0.1) is 0 Å². The topological polar surface area (TPSA) is 86.3 Å². The van der Waals surface area contributed by atoms with Crippen LogP contribution in [-0.4, -0.2) is 25.0 Å². The number of benzene rings is 1. The maximum absolute atomic E-state index is 7.35. The predicted octanol–water partition coefficient (Wildman–Crippen LogP) is 1.96. The summed E-state index contributed by atoms with van der Waals surface area (Å²) >= 11 is 1.74. The Morgan fingerprint density at radius 2 is 1.95 bits per heavy atom. The molecule has 0 aliphatic carbocycles. The minimum Gasteiger partial charge on any atom is -0.370 e. The molecule has 0 saturated heterocycles. The summed E-state index contributed by atoms with van der Waals surface area (Å²) in [6, 6.07) is 14.4. The molecule has 22 heavy (non-hydrogen) atoms. The van der Waals surface area contributed by atoms with E-state index < -0.39 is 0 Å². The van der Waals surface area contributed by atoms with E-state index >= 15 is 0 Å². The van der Waals surface area contributed by atoms with E-state index in [0.717, 1.165) is 19.4 Å². The quantitative estimate of drug-likeness (QED) is 0.485. The van der Waals surface area contributed by atoms with Gasteiger partial charge in [0.2, 0.25) is 0 Å². The van der Waals surface area contributed by atoms with Gasteiger partial charge in [-0.3, -0.25) is 15.7 Å². The minimum atomic E-state index is -0.109. The zero-order valence-corrected chi connectivity index (χ0v) is 13.2. The maximum atomic E-state index is 7.35. The molecule has 2 rings (SSSR count). The molecule has 6 heteroatoms. The Balaban J connectivity index is 1.81. The zero-order chi connectivity index (χ0) is 15.6. The third-order valence-corrected chi connectivity index (χ3v) is 3.95. The van der Waals surface area contributed by atoms with E-state index in [9.17, 15) is 0 Å². The molecule has 0 amide bonds. The van der Waals surface area contributed by atoms with E-state index in [1.807, 2.05) is 24.3 Å². The van der Waals surface area contributed by atoms with Crippen LogP contribution >= 0.6 is 11.3 Å². The standard InChI is InChI=1S/C16H21N5S/c17-15(18)21-16(20-11-9-14-7-4-12-22-14)19-10-8-13-5-2-1-3-6-13/h1-7,12H,8-11H2,(H5,17,18,19,20,21). The van der Waals surface area contributed by atoms with Gasteiger partial charge < -0.3 is 11.1 Å². The van der Waals surface area contributed by atoms with Crippen molar-refractivity contribution >= 4 is 23.3 Å². The maximum Gasteiger partial charge on any atom is 0.198 e. The Kier molecular flexibility index (Phi) is 6.44. The van der Waals surface area contributed by atoms with E-state index in [0.29, 0.717) is 12.5 Å². The van der Waals surface area contributed by atoms with Crippen LogP contribution in [0.3, 0.4) is 0 Å². The smallest absolute Gasteiger partial charge is 0.198 e. The number of aliphatic imine (C=N–C) groups is 1. The third-order valence-electron chi connectivity index (χ3n) is 3.01. The highest BCUT2D eigenvalue weighted by molar-refractivity contribution is 7.09. The Hall–Kier alpha value is -2.34. The molecule has 0 aliphatic heterocycles. The number of thiophene rings is 1. The number of hydrogen-bond donors (Lipinski definition) is 4. The third kappa shape index (κ3) is 5.97. The van der Waals surface area contributed by atoms with E-state index in [1.165, 1.54) is 10.4 Å². The molecule has 1 aromatic carbocycles. The van der Waals surface area contributed by atoms with Gasteiger partial charge in [-0.25, -0.2) is 0 Å². The highest BCUT2D eigenvalue weighted by atomic mass is 32.1. The van der Waals surface area contributed by atoms with Gasteiger partial charge in [0.1, 0.15) is 0 Å². The first-order valence-electron chi connectivity index (χ1n) is 7.20. The molecule has 0 aliphatic rings. The second kappa shape index (κ2) is 8.84. The summed E-state index contributed by atoms with van der Waals surface area (Å²) < 4.78 is 0. The molecule has 0 radical (unpaired) electrons. The number of nitrogens with one attached hydrogen (secondary N) is 3. The fourth-order valence-corrected chi connectivity index (χ4v) is 2.68. The largest absolute Gasteiger partial charge is 0.370 e. The van der Waals surface area contributed by atoms with Gasteiger partial charge in [-0.05, 0) is 29.9 Å². The molecule has 1 heterocycles.